The lowest BCUT2D eigenvalue weighted by molar-refractivity contribution is -0.0199. The summed E-state index contributed by atoms with van der Waals surface area (Å²) in [5.41, 5.74) is 1.00. The van der Waals surface area contributed by atoms with E-state index in [9.17, 15) is 22.0 Å². The molecule has 1 N–H and O–H groups in total. The van der Waals surface area contributed by atoms with Gasteiger partial charge in [-0.15, -0.1) is 23.1 Å². The largest absolute Gasteiger partial charge is 0.354 e. The molecule has 3 rings (SSSR count). The number of aromatic nitrogens is 2. The normalized spacial score (nSPS) is 12.6. The lowest BCUT2D eigenvalue weighted by atomic mass is 10.1. The van der Waals surface area contributed by atoms with Gasteiger partial charge in [0.25, 0.3) is 15.9 Å². The van der Waals surface area contributed by atoms with E-state index in [1.54, 1.807) is 26.0 Å². The summed E-state index contributed by atoms with van der Waals surface area (Å²) >= 11 is 2.13. The van der Waals surface area contributed by atoms with Gasteiger partial charge in [0, 0.05) is 16.5 Å². The molecule has 0 amide bonds. The van der Waals surface area contributed by atoms with Gasteiger partial charge in [-0.1, -0.05) is 31.5 Å². The number of alkyl halides is 2. The van der Waals surface area contributed by atoms with Crippen molar-refractivity contribution in [3.63, 3.8) is 0 Å². The second-order valence-electron chi connectivity index (χ2n) is 7.58. The Morgan fingerprint density at radius 3 is 2.39 bits per heavy atom. The summed E-state index contributed by atoms with van der Waals surface area (Å²) in [6.07, 6.45) is 0. The molecule has 0 radical (unpaired) electrons. The van der Waals surface area contributed by atoms with Crippen LogP contribution in [0.3, 0.4) is 0 Å². The maximum absolute atomic E-state index is 14.2. The third-order valence-electron chi connectivity index (χ3n) is 4.93. The molecule has 0 spiro atoms. The minimum atomic E-state index is -4.02. The molecule has 0 fully saturated rings. The number of aryl methyl sites for hydroxylation is 2. The summed E-state index contributed by atoms with van der Waals surface area (Å²) in [6, 6.07) is 6.21. The molecule has 0 aliphatic carbocycles. The summed E-state index contributed by atoms with van der Waals surface area (Å²) in [5.74, 6) is -4.44. The van der Waals surface area contributed by atoms with E-state index >= 15 is 0 Å². The van der Waals surface area contributed by atoms with Crippen LogP contribution in [0.4, 0.5) is 14.6 Å². The van der Waals surface area contributed by atoms with E-state index in [2.05, 4.69) is 9.71 Å². The number of thioether (sulfide) groups is 1. The molecular weight excluding hydrogens is 464 g/mol. The number of sulfonamides is 1. The number of benzene rings is 1. The first-order valence-corrected chi connectivity index (χ1v) is 12.7. The zero-order valence-corrected chi connectivity index (χ0v) is 20.1. The summed E-state index contributed by atoms with van der Waals surface area (Å²) in [4.78, 5) is 17.2. The van der Waals surface area contributed by atoms with Crippen molar-refractivity contribution in [2.24, 2.45) is 5.92 Å². The van der Waals surface area contributed by atoms with Crippen LogP contribution in [-0.4, -0.2) is 29.6 Å². The van der Waals surface area contributed by atoms with E-state index in [0.717, 1.165) is 22.2 Å². The third-order valence-corrected chi connectivity index (χ3v) is 8.86. The Labute approximate surface area is 188 Å². The number of hydrogen-bond acceptors (Lipinski definition) is 6. The maximum Gasteiger partial charge on any atom is 0.354 e. The van der Waals surface area contributed by atoms with Crippen molar-refractivity contribution < 1.29 is 17.2 Å². The second-order valence-corrected chi connectivity index (χ2v) is 11.7. The number of nitrogens with one attached hydrogen (secondary N) is 1. The van der Waals surface area contributed by atoms with Gasteiger partial charge >= 0.3 is 5.69 Å². The quantitative estimate of drug-likeness (QED) is 0.482. The molecule has 2 heterocycles. The molecule has 0 saturated heterocycles. The second kappa shape index (κ2) is 8.51. The summed E-state index contributed by atoms with van der Waals surface area (Å²) < 4.78 is 58.2. The Hall–Kier alpha value is -1.98. The number of anilines is 1. The molecule has 1 aromatic rings. The Kier molecular flexibility index (Phi) is 6.50. The lowest BCUT2D eigenvalue weighted by Gasteiger charge is -2.21. The number of rotatable bonds is 7. The fourth-order valence-corrected chi connectivity index (χ4v) is 6.30. The van der Waals surface area contributed by atoms with Gasteiger partial charge in [-0.05, 0) is 32.9 Å². The number of fused-ring (bicyclic) bond motifs is 1. The minimum Gasteiger partial charge on any atom is -0.261 e. The smallest absolute Gasteiger partial charge is 0.261 e. The van der Waals surface area contributed by atoms with Crippen molar-refractivity contribution in [3.8, 4) is 5.69 Å². The fraction of sp³-hybridized carbons (Fsp3) is 0.400. The monoisotopic (exact) mass is 487 g/mol. The van der Waals surface area contributed by atoms with Gasteiger partial charge in [0.05, 0.1) is 14.9 Å². The van der Waals surface area contributed by atoms with Crippen LogP contribution in [0.15, 0.2) is 38.2 Å². The van der Waals surface area contributed by atoms with Gasteiger partial charge < -0.3 is 0 Å². The number of halogens is 2. The van der Waals surface area contributed by atoms with Crippen LogP contribution in [0.5, 0.6) is 0 Å². The van der Waals surface area contributed by atoms with E-state index in [1.807, 2.05) is 6.92 Å². The van der Waals surface area contributed by atoms with Gasteiger partial charge in [0.15, 0.2) is 5.82 Å². The van der Waals surface area contributed by atoms with Gasteiger partial charge in [0.1, 0.15) is 5.69 Å². The first kappa shape index (κ1) is 23.7. The molecule has 2 aliphatic rings. The van der Waals surface area contributed by atoms with Crippen molar-refractivity contribution >= 4 is 38.9 Å². The van der Waals surface area contributed by atoms with Gasteiger partial charge in [0.2, 0.25) is 0 Å². The van der Waals surface area contributed by atoms with Crippen LogP contribution < -0.4 is 10.4 Å². The maximum atomic E-state index is 14.2. The number of nitrogens with zero attached hydrogens (tertiary/aromatic N) is 2. The highest BCUT2D eigenvalue weighted by molar-refractivity contribution is 8.01. The molecule has 0 saturated carbocycles. The topological polar surface area (TPSA) is 81.1 Å². The Morgan fingerprint density at radius 1 is 1.19 bits per heavy atom. The molecule has 0 bridgehead atoms. The van der Waals surface area contributed by atoms with Crippen LogP contribution in [-0.2, 0) is 10.0 Å². The van der Waals surface area contributed by atoms with Crippen LogP contribution >= 0.6 is 23.1 Å². The van der Waals surface area contributed by atoms with E-state index < -0.39 is 33.3 Å². The fourth-order valence-electron chi connectivity index (χ4n) is 2.72. The molecule has 0 aromatic heterocycles. The third kappa shape index (κ3) is 4.78. The zero-order chi connectivity index (χ0) is 23.1. The lowest BCUT2D eigenvalue weighted by Crippen LogP contribution is -2.26. The van der Waals surface area contributed by atoms with Crippen molar-refractivity contribution in [2.75, 3.05) is 10.5 Å². The molecule has 1 aromatic carbocycles. The molecular formula is C20H23F2N3O3S3. The highest BCUT2D eigenvalue weighted by Gasteiger charge is 2.35. The molecule has 168 valence electrons. The van der Waals surface area contributed by atoms with Crippen LogP contribution in [0.25, 0.3) is 5.69 Å². The summed E-state index contributed by atoms with van der Waals surface area (Å²) in [5, 5.41) is 0. The number of hydrogen-bond donors (Lipinski definition) is 1. The van der Waals surface area contributed by atoms with E-state index in [0.29, 0.717) is 9.90 Å². The highest BCUT2D eigenvalue weighted by Crippen LogP contribution is 2.41. The average molecular weight is 488 g/mol. The Balaban J connectivity index is 2.08. The molecule has 6 nitrogen and oxygen atoms in total. The minimum absolute atomic E-state index is 0.0137. The average Bonchev–Trinajstić information content (AvgIpc) is 2.99. The van der Waals surface area contributed by atoms with E-state index in [-0.39, 0.29) is 16.4 Å². The van der Waals surface area contributed by atoms with Crippen molar-refractivity contribution in [3.05, 3.63) is 50.9 Å². The Bertz CT molecular complexity index is 1230. The first-order chi connectivity index (χ1) is 14.3. The van der Waals surface area contributed by atoms with Crippen LogP contribution in [0, 0.1) is 26.7 Å². The summed E-state index contributed by atoms with van der Waals surface area (Å²) in [6.45, 7) is 8.20. The number of imidazole rings is 1. The molecule has 11 heteroatoms. The SMILES string of the molecule is Cc1ccc(S(=O)(=O)Nc2nc(=O)n3c(C)c(C)sc(SCC(F)(F)C(C)C)c2-3)cc1. The van der Waals surface area contributed by atoms with Crippen LogP contribution in [0.1, 0.15) is 30.0 Å². The summed E-state index contributed by atoms with van der Waals surface area (Å²) in [7, 11) is -4.02. The Morgan fingerprint density at radius 2 is 1.81 bits per heavy atom. The molecule has 0 atom stereocenters. The molecule has 0 unspecified atom stereocenters. The van der Waals surface area contributed by atoms with E-state index in [1.165, 1.54) is 41.9 Å². The molecule has 2 aliphatic heterocycles. The highest BCUT2D eigenvalue weighted by atomic mass is 32.2. The van der Waals surface area contributed by atoms with Crippen LogP contribution in [0.2, 0.25) is 0 Å². The van der Waals surface area contributed by atoms with Crippen molar-refractivity contribution in [1.29, 1.82) is 0 Å². The predicted molar refractivity (Wildman–Crippen MR) is 121 cm³/mol. The van der Waals surface area contributed by atoms with Gasteiger partial charge in [-0.2, -0.15) is 4.98 Å². The zero-order valence-electron chi connectivity index (χ0n) is 17.7. The predicted octanol–water partition coefficient (Wildman–Crippen LogP) is 4.84. The van der Waals surface area contributed by atoms with Gasteiger partial charge in [-0.3, -0.25) is 9.29 Å². The standard InChI is InChI=1S/C20H23F2N3O3S3/c1-11(2)20(21,22)10-29-18-16-17(23-19(26)25(16)13(4)14(5)30-18)24-31(27,28)15-8-6-12(3)7-9-15/h6-9,11H,10H2,1-5H3,(H,23,24,26). The van der Waals surface area contributed by atoms with Gasteiger partial charge in [-0.25, -0.2) is 22.0 Å². The molecule has 31 heavy (non-hydrogen) atoms. The first-order valence-electron chi connectivity index (χ1n) is 9.46. The van der Waals surface area contributed by atoms with E-state index in [4.69, 9.17) is 0 Å². The van der Waals surface area contributed by atoms with Crippen molar-refractivity contribution in [1.82, 2.24) is 9.55 Å². The van der Waals surface area contributed by atoms with Crippen molar-refractivity contribution in [2.45, 2.75) is 49.6 Å².